The third kappa shape index (κ3) is 1.77. The van der Waals surface area contributed by atoms with E-state index in [2.05, 4.69) is 4.98 Å². The number of rotatable bonds is 3. The maximum Gasteiger partial charge on any atom is 0.314 e. The summed E-state index contributed by atoms with van der Waals surface area (Å²) >= 11 is 0. The molecule has 1 heterocycles. The number of hydrogen-bond donors (Lipinski definition) is 1. The van der Waals surface area contributed by atoms with Crippen LogP contribution in [-0.4, -0.2) is 16.1 Å². The monoisotopic (exact) mass is 293 g/mol. The summed E-state index contributed by atoms with van der Waals surface area (Å²) in [7, 11) is 0. The van der Waals surface area contributed by atoms with Crippen molar-refractivity contribution in [3.63, 3.8) is 0 Å². The Morgan fingerprint density at radius 2 is 1.82 bits per heavy atom. The fourth-order valence-electron chi connectivity index (χ4n) is 3.20. The quantitative estimate of drug-likeness (QED) is 0.792. The number of carboxylic acids is 1. The molecule has 0 saturated heterocycles. The highest BCUT2D eigenvalue weighted by atomic mass is 16.4. The first-order chi connectivity index (χ1) is 10.7. The molecule has 4 heteroatoms. The predicted molar refractivity (Wildman–Crippen MR) is 82.6 cm³/mol. The van der Waals surface area contributed by atoms with Crippen molar-refractivity contribution in [1.82, 2.24) is 4.98 Å². The Morgan fingerprint density at radius 1 is 1.09 bits per heavy atom. The zero-order valence-electron chi connectivity index (χ0n) is 12.0. The molecule has 1 fully saturated rings. The first kappa shape index (κ1) is 13.1. The fraction of sp³-hybridized carbons (Fsp3) is 0.222. The van der Waals surface area contributed by atoms with Crippen molar-refractivity contribution in [1.29, 1.82) is 0 Å². The minimum absolute atomic E-state index is 0.490. The van der Waals surface area contributed by atoms with Crippen molar-refractivity contribution in [3.8, 4) is 11.5 Å². The number of oxazole rings is 1. The first-order valence-electron chi connectivity index (χ1n) is 7.40. The molecule has 0 unspecified atom stereocenters. The van der Waals surface area contributed by atoms with Gasteiger partial charge in [0.25, 0.3) is 0 Å². The van der Waals surface area contributed by atoms with Gasteiger partial charge in [-0.3, -0.25) is 4.79 Å². The first-order valence-corrected chi connectivity index (χ1v) is 7.40. The molecule has 0 spiro atoms. The molecule has 0 amide bonds. The maximum absolute atomic E-state index is 11.8. The lowest BCUT2D eigenvalue weighted by Crippen LogP contribution is -2.42. The normalized spacial score (nSPS) is 16.4. The Bertz CT molecular complexity index is 828. The van der Waals surface area contributed by atoms with Gasteiger partial charge in [-0.05, 0) is 36.6 Å². The maximum atomic E-state index is 11.8. The van der Waals surface area contributed by atoms with Gasteiger partial charge in [-0.15, -0.1) is 0 Å². The van der Waals surface area contributed by atoms with E-state index in [0.29, 0.717) is 24.3 Å². The molecule has 0 radical (unpaired) electrons. The van der Waals surface area contributed by atoms with Gasteiger partial charge >= 0.3 is 5.97 Å². The van der Waals surface area contributed by atoms with Crippen LogP contribution in [0.3, 0.4) is 0 Å². The number of carboxylic acid groups (broad SMARTS) is 1. The van der Waals surface area contributed by atoms with Crippen LogP contribution in [0.4, 0.5) is 0 Å². The molecule has 4 rings (SSSR count). The summed E-state index contributed by atoms with van der Waals surface area (Å²) < 4.78 is 5.83. The molecule has 22 heavy (non-hydrogen) atoms. The summed E-state index contributed by atoms with van der Waals surface area (Å²) in [5, 5.41) is 9.70. The minimum atomic E-state index is -0.794. The van der Waals surface area contributed by atoms with Gasteiger partial charge in [-0.1, -0.05) is 36.8 Å². The lowest BCUT2D eigenvalue weighted by atomic mass is 9.63. The van der Waals surface area contributed by atoms with Crippen molar-refractivity contribution >= 4 is 17.1 Å². The van der Waals surface area contributed by atoms with E-state index < -0.39 is 11.4 Å². The average Bonchev–Trinajstić information content (AvgIpc) is 2.90. The van der Waals surface area contributed by atoms with E-state index in [0.717, 1.165) is 23.1 Å². The van der Waals surface area contributed by atoms with E-state index >= 15 is 0 Å². The Hall–Kier alpha value is -2.62. The molecule has 0 aliphatic heterocycles. The van der Waals surface area contributed by atoms with E-state index in [4.69, 9.17) is 4.42 Å². The summed E-state index contributed by atoms with van der Waals surface area (Å²) in [5.41, 5.74) is 2.29. The van der Waals surface area contributed by atoms with Crippen molar-refractivity contribution < 1.29 is 14.3 Å². The number of aromatic nitrogens is 1. The van der Waals surface area contributed by atoms with Gasteiger partial charge in [0.05, 0.1) is 5.41 Å². The highest BCUT2D eigenvalue weighted by Gasteiger charge is 2.47. The number of hydrogen-bond acceptors (Lipinski definition) is 3. The van der Waals surface area contributed by atoms with Crippen molar-refractivity contribution in [2.24, 2.45) is 0 Å². The number of fused-ring (bicyclic) bond motifs is 1. The number of nitrogens with zero attached hydrogens (tertiary/aromatic N) is 1. The largest absolute Gasteiger partial charge is 0.481 e. The Labute approximate surface area is 127 Å². The second-order valence-electron chi connectivity index (χ2n) is 5.77. The van der Waals surface area contributed by atoms with Gasteiger partial charge in [-0.25, -0.2) is 4.98 Å². The predicted octanol–water partition coefficient (Wildman–Crippen LogP) is 4.00. The number of para-hydroxylation sites is 2. The third-order valence-electron chi connectivity index (χ3n) is 4.58. The summed E-state index contributed by atoms with van der Waals surface area (Å²) in [6.45, 7) is 0. The molecule has 3 aromatic rings. The van der Waals surface area contributed by atoms with E-state index in [1.807, 2.05) is 48.5 Å². The van der Waals surface area contributed by atoms with Gasteiger partial charge in [0.2, 0.25) is 5.89 Å². The van der Waals surface area contributed by atoms with E-state index in [1.54, 1.807) is 0 Å². The molecule has 1 aliphatic rings. The van der Waals surface area contributed by atoms with Crippen molar-refractivity contribution in [2.45, 2.75) is 24.7 Å². The van der Waals surface area contributed by atoms with E-state index in [1.165, 1.54) is 0 Å². The van der Waals surface area contributed by atoms with Gasteiger partial charge in [0, 0.05) is 5.56 Å². The zero-order chi connectivity index (χ0) is 15.2. The molecule has 1 saturated carbocycles. The smallest absolute Gasteiger partial charge is 0.314 e. The molecule has 1 N–H and O–H groups in total. The molecule has 0 bridgehead atoms. The average molecular weight is 293 g/mol. The summed E-state index contributed by atoms with van der Waals surface area (Å²) in [6.07, 6.45) is 2.27. The lowest BCUT2D eigenvalue weighted by Gasteiger charge is -2.39. The highest BCUT2D eigenvalue weighted by molar-refractivity contribution is 5.86. The highest BCUT2D eigenvalue weighted by Crippen LogP contribution is 2.47. The molecule has 0 atom stereocenters. The van der Waals surface area contributed by atoms with Crippen molar-refractivity contribution in [2.75, 3.05) is 0 Å². The molecular formula is C18H15NO3. The Balaban J connectivity index is 1.91. The van der Waals surface area contributed by atoms with Crippen LogP contribution < -0.4 is 0 Å². The molecule has 1 aliphatic carbocycles. The van der Waals surface area contributed by atoms with Crippen LogP contribution in [0.25, 0.3) is 22.6 Å². The summed E-state index contributed by atoms with van der Waals surface area (Å²) in [5.74, 6) is -0.272. The van der Waals surface area contributed by atoms with Gasteiger partial charge in [0.1, 0.15) is 5.52 Å². The van der Waals surface area contributed by atoms with Crippen LogP contribution in [0.2, 0.25) is 0 Å². The number of benzene rings is 2. The minimum Gasteiger partial charge on any atom is -0.481 e. The third-order valence-corrected chi connectivity index (χ3v) is 4.58. The number of carbonyl (C=O) groups is 1. The van der Waals surface area contributed by atoms with E-state index in [9.17, 15) is 9.90 Å². The fourth-order valence-corrected chi connectivity index (χ4v) is 3.20. The van der Waals surface area contributed by atoms with Crippen LogP contribution in [-0.2, 0) is 10.2 Å². The lowest BCUT2D eigenvalue weighted by molar-refractivity contribution is -0.147. The Kier molecular flexibility index (Phi) is 2.79. The van der Waals surface area contributed by atoms with Gasteiger partial charge in [-0.2, -0.15) is 0 Å². The molecule has 110 valence electrons. The zero-order valence-corrected chi connectivity index (χ0v) is 12.0. The molecule has 1 aromatic heterocycles. The van der Waals surface area contributed by atoms with Crippen LogP contribution >= 0.6 is 0 Å². The van der Waals surface area contributed by atoms with Gasteiger partial charge < -0.3 is 9.52 Å². The molecule has 4 nitrogen and oxygen atoms in total. The van der Waals surface area contributed by atoms with E-state index in [-0.39, 0.29) is 0 Å². The van der Waals surface area contributed by atoms with Crippen LogP contribution in [0.5, 0.6) is 0 Å². The standard InChI is InChI=1S/C18H15NO3/c20-17(21)18(10-5-11-18)13-7-2-1-6-12(13)16-19-14-8-3-4-9-15(14)22-16/h1-4,6-9H,5,10-11H2,(H,20,21). The van der Waals surface area contributed by atoms with Crippen LogP contribution in [0.15, 0.2) is 52.9 Å². The van der Waals surface area contributed by atoms with Crippen LogP contribution in [0, 0.1) is 0 Å². The Morgan fingerprint density at radius 3 is 2.50 bits per heavy atom. The second-order valence-corrected chi connectivity index (χ2v) is 5.77. The van der Waals surface area contributed by atoms with Gasteiger partial charge in [0.15, 0.2) is 5.58 Å². The summed E-state index contributed by atoms with van der Waals surface area (Å²) in [4.78, 5) is 16.3. The second kappa shape index (κ2) is 4.70. The number of aliphatic carboxylic acids is 1. The molecule has 2 aromatic carbocycles. The molecular weight excluding hydrogens is 278 g/mol. The summed E-state index contributed by atoms with van der Waals surface area (Å²) in [6, 6.07) is 15.1. The topological polar surface area (TPSA) is 63.3 Å². The van der Waals surface area contributed by atoms with Crippen LogP contribution in [0.1, 0.15) is 24.8 Å². The van der Waals surface area contributed by atoms with Crippen molar-refractivity contribution in [3.05, 3.63) is 54.1 Å². The SMILES string of the molecule is O=C(O)C1(c2ccccc2-c2nc3ccccc3o2)CCC1.